The van der Waals surface area contributed by atoms with Crippen LogP contribution in [0.5, 0.6) is 0 Å². The van der Waals surface area contributed by atoms with Crippen molar-refractivity contribution in [3.63, 3.8) is 0 Å². The van der Waals surface area contributed by atoms with Crippen molar-refractivity contribution in [2.24, 2.45) is 11.0 Å². The third kappa shape index (κ3) is 2.88. The molecule has 16 heavy (non-hydrogen) atoms. The molecule has 5 heteroatoms. The fourth-order valence-electron chi connectivity index (χ4n) is 2.94. The van der Waals surface area contributed by atoms with Crippen molar-refractivity contribution in [1.29, 1.82) is 0 Å². The summed E-state index contributed by atoms with van der Waals surface area (Å²) in [6.45, 7) is 4.20. The van der Waals surface area contributed by atoms with E-state index in [4.69, 9.17) is 10.3 Å². The molecule has 1 aliphatic heterocycles. The van der Waals surface area contributed by atoms with Crippen LogP contribution in [-0.2, 0) is 4.74 Å². The Morgan fingerprint density at radius 1 is 1.38 bits per heavy atom. The molecule has 0 radical (unpaired) electrons. The average molecular weight is 224 g/mol. The first-order valence-electron chi connectivity index (χ1n) is 6.24. The number of fused-ring (bicyclic) bond motifs is 1. The van der Waals surface area contributed by atoms with Gasteiger partial charge in [0.15, 0.2) is 0 Å². The van der Waals surface area contributed by atoms with Gasteiger partial charge in [-0.3, -0.25) is 4.90 Å². The average Bonchev–Trinajstić information content (AvgIpc) is 2.52. The van der Waals surface area contributed by atoms with Crippen LogP contribution < -0.4 is 0 Å². The molecule has 0 unspecified atom stereocenters. The summed E-state index contributed by atoms with van der Waals surface area (Å²) in [6.07, 6.45) is 5.25. The highest BCUT2D eigenvalue weighted by atomic mass is 16.5. The topological polar surface area (TPSA) is 61.2 Å². The van der Waals surface area contributed by atoms with E-state index in [-0.39, 0.29) is 0 Å². The van der Waals surface area contributed by atoms with Crippen LogP contribution in [0.15, 0.2) is 5.11 Å². The van der Waals surface area contributed by atoms with Gasteiger partial charge in [-0.25, -0.2) is 0 Å². The lowest BCUT2D eigenvalue weighted by Gasteiger charge is -2.37. The molecule has 0 aromatic heterocycles. The molecule has 90 valence electrons. The van der Waals surface area contributed by atoms with Crippen molar-refractivity contribution in [1.82, 2.24) is 4.90 Å². The van der Waals surface area contributed by atoms with Crippen LogP contribution in [-0.4, -0.2) is 43.8 Å². The van der Waals surface area contributed by atoms with Crippen LogP contribution in [0.25, 0.3) is 10.4 Å². The maximum Gasteiger partial charge on any atom is 0.0593 e. The summed E-state index contributed by atoms with van der Waals surface area (Å²) >= 11 is 0. The smallest absolute Gasteiger partial charge is 0.0593 e. The van der Waals surface area contributed by atoms with Crippen molar-refractivity contribution < 1.29 is 4.74 Å². The zero-order valence-corrected chi connectivity index (χ0v) is 9.72. The van der Waals surface area contributed by atoms with E-state index in [0.717, 1.165) is 26.3 Å². The highest BCUT2D eigenvalue weighted by Gasteiger charge is 2.31. The van der Waals surface area contributed by atoms with E-state index in [1.165, 1.54) is 25.7 Å². The first-order chi connectivity index (χ1) is 7.92. The minimum atomic E-state index is 0.583. The molecule has 0 spiro atoms. The highest BCUT2D eigenvalue weighted by molar-refractivity contribution is 4.85. The lowest BCUT2D eigenvalue weighted by molar-refractivity contribution is 0.0948. The standard InChI is InChI=1S/C11H20N4O/c12-14-13-5-6-15-7-8-16-9-10-3-1-2-4-11(10)15/h10-11H,1-9H2/t10-,11-/m0/s1. The first-order valence-corrected chi connectivity index (χ1v) is 6.24. The molecule has 0 aromatic carbocycles. The largest absolute Gasteiger partial charge is 0.380 e. The fourth-order valence-corrected chi connectivity index (χ4v) is 2.94. The molecule has 0 N–H and O–H groups in total. The second-order valence-electron chi connectivity index (χ2n) is 4.68. The van der Waals surface area contributed by atoms with Crippen LogP contribution in [0.4, 0.5) is 0 Å². The Balaban J connectivity index is 1.94. The molecule has 0 bridgehead atoms. The van der Waals surface area contributed by atoms with Gasteiger partial charge in [0.2, 0.25) is 0 Å². The Bertz CT molecular complexity index is 265. The number of hydrogen-bond donors (Lipinski definition) is 0. The maximum atomic E-state index is 8.30. The van der Waals surface area contributed by atoms with Gasteiger partial charge in [0.25, 0.3) is 0 Å². The van der Waals surface area contributed by atoms with Crippen LogP contribution in [0.1, 0.15) is 25.7 Å². The van der Waals surface area contributed by atoms with E-state index in [9.17, 15) is 0 Å². The lowest BCUT2D eigenvalue weighted by atomic mass is 9.84. The molecular weight excluding hydrogens is 204 g/mol. The predicted octanol–water partition coefficient (Wildman–Crippen LogP) is 2.19. The molecule has 0 amide bonds. The van der Waals surface area contributed by atoms with Crippen LogP contribution >= 0.6 is 0 Å². The van der Waals surface area contributed by atoms with Gasteiger partial charge in [-0.2, -0.15) is 0 Å². The fraction of sp³-hybridized carbons (Fsp3) is 1.00. The predicted molar refractivity (Wildman–Crippen MR) is 62.2 cm³/mol. The Labute approximate surface area is 96.4 Å². The normalized spacial score (nSPS) is 31.2. The molecule has 1 saturated heterocycles. The summed E-state index contributed by atoms with van der Waals surface area (Å²) in [6, 6.07) is 0.658. The van der Waals surface area contributed by atoms with Crippen molar-refractivity contribution >= 4 is 0 Å². The SMILES string of the molecule is [N-]=[N+]=NCCN1CCOC[C@@H]2CCCC[C@@H]21. The molecule has 1 saturated carbocycles. The molecule has 1 aliphatic carbocycles. The summed E-state index contributed by atoms with van der Waals surface area (Å²) in [7, 11) is 0. The number of ether oxygens (including phenoxy) is 1. The minimum absolute atomic E-state index is 0.583. The molecule has 1 heterocycles. The highest BCUT2D eigenvalue weighted by Crippen LogP contribution is 2.30. The zero-order valence-electron chi connectivity index (χ0n) is 9.72. The van der Waals surface area contributed by atoms with Crippen LogP contribution in [0.2, 0.25) is 0 Å². The van der Waals surface area contributed by atoms with Crippen molar-refractivity contribution in [3.05, 3.63) is 10.4 Å². The van der Waals surface area contributed by atoms with Crippen LogP contribution in [0.3, 0.4) is 0 Å². The molecule has 2 rings (SSSR count). The Hall–Kier alpha value is -0.770. The Morgan fingerprint density at radius 3 is 3.12 bits per heavy atom. The molecule has 5 nitrogen and oxygen atoms in total. The Kier molecular flexibility index (Phi) is 4.45. The van der Waals surface area contributed by atoms with E-state index >= 15 is 0 Å². The summed E-state index contributed by atoms with van der Waals surface area (Å²) in [5.41, 5.74) is 8.30. The quantitative estimate of drug-likeness (QED) is 0.419. The third-order valence-electron chi connectivity index (χ3n) is 3.74. The summed E-state index contributed by atoms with van der Waals surface area (Å²) < 4.78 is 5.66. The van der Waals surface area contributed by atoms with E-state index < -0.39 is 0 Å². The van der Waals surface area contributed by atoms with Crippen molar-refractivity contribution in [2.45, 2.75) is 31.7 Å². The number of azide groups is 1. The van der Waals surface area contributed by atoms with E-state index in [0.29, 0.717) is 18.5 Å². The first kappa shape index (κ1) is 11.7. The van der Waals surface area contributed by atoms with Gasteiger partial charge in [0, 0.05) is 30.6 Å². The van der Waals surface area contributed by atoms with Crippen LogP contribution in [0, 0.1) is 5.92 Å². The molecule has 2 fully saturated rings. The number of hydrogen-bond acceptors (Lipinski definition) is 3. The second kappa shape index (κ2) is 6.09. The van der Waals surface area contributed by atoms with Gasteiger partial charge in [-0.05, 0) is 24.3 Å². The van der Waals surface area contributed by atoms with Gasteiger partial charge in [0.05, 0.1) is 13.2 Å². The molecular formula is C11H20N4O. The van der Waals surface area contributed by atoms with Crippen molar-refractivity contribution in [3.8, 4) is 0 Å². The van der Waals surface area contributed by atoms with Gasteiger partial charge in [0.1, 0.15) is 0 Å². The van der Waals surface area contributed by atoms with Gasteiger partial charge < -0.3 is 4.74 Å². The van der Waals surface area contributed by atoms with E-state index in [2.05, 4.69) is 14.9 Å². The minimum Gasteiger partial charge on any atom is -0.380 e. The lowest BCUT2D eigenvalue weighted by Crippen LogP contribution is -2.43. The van der Waals surface area contributed by atoms with Gasteiger partial charge in [-0.15, -0.1) is 0 Å². The molecule has 2 atom stereocenters. The molecule has 0 aromatic rings. The number of rotatable bonds is 3. The summed E-state index contributed by atoms with van der Waals surface area (Å²) in [5, 5.41) is 3.63. The monoisotopic (exact) mass is 224 g/mol. The zero-order chi connectivity index (χ0) is 11.2. The Morgan fingerprint density at radius 2 is 2.25 bits per heavy atom. The van der Waals surface area contributed by atoms with Crippen molar-refractivity contribution in [2.75, 3.05) is 32.8 Å². The number of nitrogens with zero attached hydrogens (tertiary/aromatic N) is 4. The van der Waals surface area contributed by atoms with Gasteiger partial charge >= 0.3 is 0 Å². The summed E-state index contributed by atoms with van der Waals surface area (Å²) in [5.74, 6) is 0.697. The third-order valence-corrected chi connectivity index (χ3v) is 3.74. The summed E-state index contributed by atoms with van der Waals surface area (Å²) in [4.78, 5) is 5.28. The van der Waals surface area contributed by atoms with E-state index in [1.54, 1.807) is 0 Å². The van der Waals surface area contributed by atoms with Gasteiger partial charge in [-0.1, -0.05) is 18.0 Å². The van der Waals surface area contributed by atoms with E-state index in [1.807, 2.05) is 0 Å². The second-order valence-corrected chi connectivity index (χ2v) is 4.68. The molecule has 2 aliphatic rings. The maximum absolute atomic E-state index is 8.30.